The summed E-state index contributed by atoms with van der Waals surface area (Å²) < 4.78 is 7.16. The van der Waals surface area contributed by atoms with E-state index in [1.54, 1.807) is 18.3 Å². The van der Waals surface area contributed by atoms with Crippen molar-refractivity contribution in [1.82, 2.24) is 0 Å². The number of esters is 1. The Morgan fingerprint density at radius 2 is 2.13 bits per heavy atom. The lowest BCUT2D eigenvalue weighted by molar-refractivity contribution is 0.0532. The second-order valence-corrected chi connectivity index (χ2v) is 5.23. The molecule has 2 heterocycles. The van der Waals surface area contributed by atoms with Gasteiger partial charge in [0, 0.05) is 20.8 Å². The third-order valence-electron chi connectivity index (χ3n) is 1.94. The van der Waals surface area contributed by atoms with Gasteiger partial charge in [-0.1, -0.05) is 0 Å². The first-order chi connectivity index (χ1) is 7.24. The largest absolute Gasteiger partial charge is 0.462 e. The number of carbonyl (C=O) groups is 1. The number of thiophene rings is 2. The van der Waals surface area contributed by atoms with Crippen molar-refractivity contribution in [3.8, 4) is 0 Å². The molecule has 80 valence electrons. The number of carbonyl (C=O) groups excluding carboxylic acids is 1. The van der Waals surface area contributed by atoms with Gasteiger partial charge in [-0.2, -0.15) is 0 Å². The third-order valence-corrected chi connectivity index (χ3v) is 4.23. The predicted molar refractivity (Wildman–Crippen MR) is 63.5 cm³/mol. The van der Waals surface area contributed by atoms with E-state index in [1.807, 2.05) is 12.1 Å². The molecule has 5 heteroatoms. The number of hydrogen-bond acceptors (Lipinski definition) is 5. The molecule has 0 saturated carbocycles. The quantitative estimate of drug-likeness (QED) is 0.840. The van der Waals surface area contributed by atoms with Crippen LogP contribution in [0.15, 0.2) is 12.1 Å². The predicted octanol–water partition coefficient (Wildman–Crippen LogP) is 2.60. The second kappa shape index (κ2) is 4.30. The fourth-order valence-corrected chi connectivity index (χ4v) is 3.48. The third kappa shape index (κ3) is 2.04. The maximum atomic E-state index is 11.4. The molecule has 0 aliphatic heterocycles. The molecule has 0 fully saturated rings. The average molecular weight is 241 g/mol. The summed E-state index contributed by atoms with van der Waals surface area (Å²) in [6.07, 6.45) is 0. The number of rotatable bonds is 3. The minimum absolute atomic E-state index is 0.236. The Morgan fingerprint density at radius 3 is 2.73 bits per heavy atom. The molecule has 0 amide bonds. The number of fused-ring (bicyclic) bond motifs is 1. The van der Waals surface area contributed by atoms with E-state index in [4.69, 9.17) is 10.5 Å². The van der Waals surface area contributed by atoms with Crippen LogP contribution in [0.4, 0.5) is 0 Å². The summed E-state index contributed by atoms with van der Waals surface area (Å²) in [5, 5.41) is 0. The van der Waals surface area contributed by atoms with E-state index in [1.165, 1.54) is 11.3 Å². The summed E-state index contributed by atoms with van der Waals surface area (Å²) in [6, 6.07) is 3.91. The van der Waals surface area contributed by atoms with Gasteiger partial charge in [0.05, 0.1) is 6.61 Å². The zero-order chi connectivity index (χ0) is 10.8. The molecule has 0 aliphatic rings. The molecule has 0 saturated heterocycles. The van der Waals surface area contributed by atoms with Crippen LogP contribution < -0.4 is 5.73 Å². The first kappa shape index (κ1) is 10.6. The van der Waals surface area contributed by atoms with Crippen molar-refractivity contribution in [2.45, 2.75) is 13.5 Å². The van der Waals surface area contributed by atoms with Gasteiger partial charge in [0.1, 0.15) is 4.88 Å². The minimum atomic E-state index is -0.236. The molecule has 0 aromatic carbocycles. The fourth-order valence-electron chi connectivity index (χ4n) is 1.29. The Bertz CT molecular complexity index is 455. The monoisotopic (exact) mass is 241 g/mol. The van der Waals surface area contributed by atoms with Crippen molar-refractivity contribution < 1.29 is 9.53 Å². The van der Waals surface area contributed by atoms with E-state index in [0.29, 0.717) is 18.0 Å². The lowest BCUT2D eigenvalue weighted by atomic mass is 10.4. The van der Waals surface area contributed by atoms with Gasteiger partial charge in [-0.25, -0.2) is 4.79 Å². The van der Waals surface area contributed by atoms with E-state index in [9.17, 15) is 4.79 Å². The van der Waals surface area contributed by atoms with E-state index in [0.717, 1.165) is 14.3 Å². The Kier molecular flexibility index (Phi) is 3.04. The minimum Gasteiger partial charge on any atom is -0.462 e. The highest BCUT2D eigenvalue weighted by molar-refractivity contribution is 7.28. The van der Waals surface area contributed by atoms with Crippen molar-refractivity contribution in [1.29, 1.82) is 0 Å². The molecule has 0 spiro atoms. The van der Waals surface area contributed by atoms with Crippen LogP contribution in [0.5, 0.6) is 0 Å². The first-order valence-corrected chi connectivity index (χ1v) is 6.27. The van der Waals surface area contributed by atoms with Crippen LogP contribution in [0.2, 0.25) is 0 Å². The normalized spacial score (nSPS) is 10.8. The van der Waals surface area contributed by atoms with Crippen molar-refractivity contribution in [2.75, 3.05) is 6.61 Å². The topological polar surface area (TPSA) is 52.3 Å². The molecular formula is C10H11NO2S2. The summed E-state index contributed by atoms with van der Waals surface area (Å²) in [4.78, 5) is 13.2. The van der Waals surface area contributed by atoms with Crippen molar-refractivity contribution in [3.63, 3.8) is 0 Å². The fraction of sp³-hybridized carbons (Fsp3) is 0.300. The van der Waals surface area contributed by atoms with Crippen LogP contribution in [-0.4, -0.2) is 12.6 Å². The van der Waals surface area contributed by atoms with Gasteiger partial charge in [0.2, 0.25) is 0 Å². The molecular weight excluding hydrogens is 230 g/mol. The number of ether oxygens (including phenoxy) is 1. The lowest BCUT2D eigenvalue weighted by Gasteiger charge is -1.96. The van der Waals surface area contributed by atoms with Crippen LogP contribution >= 0.6 is 22.7 Å². The number of hydrogen-bond donors (Lipinski definition) is 1. The highest BCUT2D eigenvalue weighted by Crippen LogP contribution is 2.33. The highest BCUT2D eigenvalue weighted by Gasteiger charge is 2.12. The van der Waals surface area contributed by atoms with Gasteiger partial charge in [0.25, 0.3) is 0 Å². The zero-order valence-corrected chi connectivity index (χ0v) is 9.91. The van der Waals surface area contributed by atoms with Gasteiger partial charge in [0.15, 0.2) is 0 Å². The maximum Gasteiger partial charge on any atom is 0.348 e. The van der Waals surface area contributed by atoms with Crippen LogP contribution in [0, 0.1) is 0 Å². The molecule has 2 N–H and O–H groups in total. The highest BCUT2D eigenvalue weighted by atomic mass is 32.1. The van der Waals surface area contributed by atoms with Crippen molar-refractivity contribution in [3.05, 3.63) is 21.9 Å². The lowest BCUT2D eigenvalue weighted by Crippen LogP contribution is -2.01. The smallest absolute Gasteiger partial charge is 0.348 e. The maximum absolute atomic E-state index is 11.4. The van der Waals surface area contributed by atoms with Gasteiger partial charge < -0.3 is 10.5 Å². The zero-order valence-electron chi connectivity index (χ0n) is 8.28. The Hall–Kier alpha value is -0.910. The second-order valence-electron chi connectivity index (χ2n) is 2.98. The van der Waals surface area contributed by atoms with Gasteiger partial charge in [-0.15, -0.1) is 22.7 Å². The van der Waals surface area contributed by atoms with Crippen LogP contribution in [0.3, 0.4) is 0 Å². The van der Waals surface area contributed by atoms with Crippen molar-refractivity contribution in [2.24, 2.45) is 5.73 Å². The van der Waals surface area contributed by atoms with E-state index >= 15 is 0 Å². The summed E-state index contributed by atoms with van der Waals surface area (Å²) in [5.41, 5.74) is 5.54. The Labute approximate surface area is 95.5 Å². The van der Waals surface area contributed by atoms with Gasteiger partial charge in [-0.3, -0.25) is 0 Å². The van der Waals surface area contributed by atoms with E-state index < -0.39 is 0 Å². The summed E-state index contributed by atoms with van der Waals surface area (Å²) in [5.74, 6) is -0.236. The van der Waals surface area contributed by atoms with Crippen LogP contribution in [-0.2, 0) is 11.3 Å². The molecule has 2 aromatic heterocycles. The van der Waals surface area contributed by atoms with Crippen LogP contribution in [0.25, 0.3) is 9.40 Å². The molecule has 3 nitrogen and oxygen atoms in total. The van der Waals surface area contributed by atoms with E-state index in [-0.39, 0.29) is 5.97 Å². The molecule has 0 radical (unpaired) electrons. The first-order valence-electron chi connectivity index (χ1n) is 4.64. The SMILES string of the molecule is CCOC(=O)c1cc2sc(CN)cc2s1. The molecule has 2 aromatic rings. The molecule has 15 heavy (non-hydrogen) atoms. The summed E-state index contributed by atoms with van der Waals surface area (Å²) in [7, 11) is 0. The van der Waals surface area contributed by atoms with Gasteiger partial charge >= 0.3 is 5.97 Å². The summed E-state index contributed by atoms with van der Waals surface area (Å²) >= 11 is 3.09. The van der Waals surface area contributed by atoms with Crippen molar-refractivity contribution >= 4 is 38.0 Å². The Balaban J connectivity index is 2.32. The van der Waals surface area contributed by atoms with E-state index in [2.05, 4.69) is 0 Å². The van der Waals surface area contributed by atoms with Crippen LogP contribution in [0.1, 0.15) is 21.5 Å². The Morgan fingerprint density at radius 1 is 1.40 bits per heavy atom. The number of nitrogens with two attached hydrogens (primary N) is 1. The summed E-state index contributed by atoms with van der Waals surface area (Å²) in [6.45, 7) is 2.78. The average Bonchev–Trinajstić information content (AvgIpc) is 2.74. The van der Waals surface area contributed by atoms with Gasteiger partial charge in [-0.05, 0) is 19.1 Å². The molecule has 0 aliphatic carbocycles. The molecule has 2 rings (SSSR count). The standard InChI is InChI=1S/C10H11NO2S2/c1-2-13-10(12)9-4-8-7(15-9)3-6(5-11)14-8/h3-4H,2,5,11H2,1H3. The molecule has 0 unspecified atom stereocenters. The molecule has 0 atom stereocenters. The molecule has 0 bridgehead atoms.